The SMILES string of the molecule is O=C(Cn1cnc2ccccc2c1=O)Oc1cccc(Cl)c1. The average Bonchev–Trinajstić information content (AvgIpc) is 2.50. The van der Waals surface area contributed by atoms with Crippen LogP contribution in [0, 0.1) is 0 Å². The Balaban J connectivity index is 1.82. The zero-order chi connectivity index (χ0) is 15.5. The number of ether oxygens (including phenoxy) is 1. The van der Waals surface area contributed by atoms with Crippen molar-refractivity contribution in [2.45, 2.75) is 6.54 Å². The number of halogens is 1. The summed E-state index contributed by atoms with van der Waals surface area (Å²) in [7, 11) is 0. The predicted molar refractivity (Wildman–Crippen MR) is 83.1 cm³/mol. The van der Waals surface area contributed by atoms with Crippen LogP contribution in [0.15, 0.2) is 59.7 Å². The average molecular weight is 315 g/mol. The number of carbonyl (C=O) groups is 1. The number of hydrogen-bond acceptors (Lipinski definition) is 4. The third-order valence-electron chi connectivity index (χ3n) is 3.06. The van der Waals surface area contributed by atoms with Crippen LogP contribution in [0.4, 0.5) is 0 Å². The van der Waals surface area contributed by atoms with Gasteiger partial charge in [0.25, 0.3) is 5.56 Å². The summed E-state index contributed by atoms with van der Waals surface area (Å²) in [4.78, 5) is 28.3. The van der Waals surface area contributed by atoms with Gasteiger partial charge in [-0.05, 0) is 30.3 Å². The minimum Gasteiger partial charge on any atom is -0.425 e. The van der Waals surface area contributed by atoms with Crippen molar-refractivity contribution in [3.05, 3.63) is 70.2 Å². The number of aromatic nitrogens is 2. The van der Waals surface area contributed by atoms with Crippen molar-refractivity contribution in [3.8, 4) is 5.75 Å². The van der Waals surface area contributed by atoms with Crippen LogP contribution in [0.1, 0.15) is 0 Å². The molecule has 110 valence electrons. The van der Waals surface area contributed by atoms with Crippen LogP contribution >= 0.6 is 11.6 Å². The molecule has 0 spiro atoms. The minimum atomic E-state index is -0.568. The van der Waals surface area contributed by atoms with Gasteiger partial charge in [0, 0.05) is 5.02 Å². The molecule has 0 atom stereocenters. The second kappa shape index (κ2) is 5.99. The molecular weight excluding hydrogens is 304 g/mol. The Bertz CT molecular complexity index is 905. The highest BCUT2D eigenvalue weighted by molar-refractivity contribution is 6.30. The van der Waals surface area contributed by atoms with Gasteiger partial charge >= 0.3 is 5.97 Å². The first-order valence-electron chi connectivity index (χ1n) is 6.54. The first kappa shape index (κ1) is 14.3. The zero-order valence-corrected chi connectivity index (χ0v) is 12.2. The molecule has 3 aromatic rings. The van der Waals surface area contributed by atoms with Gasteiger partial charge in [-0.15, -0.1) is 0 Å². The van der Waals surface area contributed by atoms with E-state index in [1.165, 1.54) is 17.0 Å². The molecule has 1 aromatic heterocycles. The van der Waals surface area contributed by atoms with Gasteiger partial charge < -0.3 is 4.74 Å². The Hall–Kier alpha value is -2.66. The summed E-state index contributed by atoms with van der Waals surface area (Å²) in [5.74, 6) is -0.235. The smallest absolute Gasteiger partial charge is 0.331 e. The van der Waals surface area contributed by atoms with Crippen LogP contribution in [-0.2, 0) is 11.3 Å². The number of fused-ring (bicyclic) bond motifs is 1. The van der Waals surface area contributed by atoms with E-state index < -0.39 is 5.97 Å². The third-order valence-corrected chi connectivity index (χ3v) is 3.29. The molecule has 0 saturated heterocycles. The van der Waals surface area contributed by atoms with Crippen LogP contribution in [-0.4, -0.2) is 15.5 Å². The van der Waals surface area contributed by atoms with Gasteiger partial charge in [-0.25, -0.2) is 9.78 Å². The summed E-state index contributed by atoms with van der Waals surface area (Å²) in [6, 6.07) is 13.5. The van der Waals surface area contributed by atoms with Gasteiger partial charge in [0.1, 0.15) is 12.3 Å². The van der Waals surface area contributed by atoms with Gasteiger partial charge in [-0.3, -0.25) is 9.36 Å². The first-order valence-corrected chi connectivity index (χ1v) is 6.92. The van der Waals surface area contributed by atoms with Crippen molar-refractivity contribution in [1.82, 2.24) is 9.55 Å². The molecule has 0 amide bonds. The standard InChI is InChI=1S/C16H11ClN2O3/c17-11-4-3-5-12(8-11)22-15(20)9-19-10-18-14-7-2-1-6-13(14)16(19)21/h1-8,10H,9H2. The molecule has 0 radical (unpaired) electrons. The lowest BCUT2D eigenvalue weighted by molar-refractivity contribution is -0.135. The van der Waals surface area contributed by atoms with Crippen LogP contribution in [0.2, 0.25) is 5.02 Å². The van der Waals surface area contributed by atoms with Crippen molar-refractivity contribution in [3.63, 3.8) is 0 Å². The van der Waals surface area contributed by atoms with E-state index in [0.717, 1.165) is 0 Å². The van der Waals surface area contributed by atoms with Crippen molar-refractivity contribution >= 4 is 28.5 Å². The monoisotopic (exact) mass is 314 g/mol. The van der Waals surface area contributed by atoms with Gasteiger partial charge in [-0.1, -0.05) is 29.8 Å². The number of rotatable bonds is 3. The Kier molecular flexibility index (Phi) is 3.89. The third kappa shape index (κ3) is 2.99. The molecule has 2 aromatic carbocycles. The Labute approximate surface area is 130 Å². The second-order valence-electron chi connectivity index (χ2n) is 4.63. The maximum atomic E-state index is 12.3. The highest BCUT2D eigenvalue weighted by atomic mass is 35.5. The van der Waals surface area contributed by atoms with Gasteiger partial charge in [0.15, 0.2) is 0 Å². The van der Waals surface area contributed by atoms with Crippen molar-refractivity contribution in [2.75, 3.05) is 0 Å². The quantitative estimate of drug-likeness (QED) is 0.551. The number of benzene rings is 2. The molecule has 22 heavy (non-hydrogen) atoms. The topological polar surface area (TPSA) is 61.2 Å². The van der Waals surface area contributed by atoms with E-state index in [9.17, 15) is 9.59 Å². The summed E-state index contributed by atoms with van der Waals surface area (Å²) in [6.45, 7) is -0.219. The molecule has 6 heteroatoms. The molecule has 0 fully saturated rings. The lowest BCUT2D eigenvalue weighted by atomic mass is 10.2. The minimum absolute atomic E-state index is 0.219. The number of hydrogen-bond donors (Lipinski definition) is 0. The van der Waals surface area contributed by atoms with Gasteiger partial charge in [0.05, 0.1) is 17.2 Å². The number of para-hydroxylation sites is 1. The summed E-state index contributed by atoms with van der Waals surface area (Å²) in [6.07, 6.45) is 1.34. The van der Waals surface area contributed by atoms with E-state index in [1.54, 1.807) is 42.5 Å². The summed E-state index contributed by atoms with van der Waals surface area (Å²) < 4.78 is 6.37. The maximum Gasteiger partial charge on any atom is 0.331 e. The van der Waals surface area contributed by atoms with E-state index in [-0.39, 0.29) is 12.1 Å². The predicted octanol–water partition coefficient (Wildman–Crippen LogP) is 2.66. The molecule has 0 N–H and O–H groups in total. The van der Waals surface area contributed by atoms with E-state index >= 15 is 0 Å². The highest BCUT2D eigenvalue weighted by Crippen LogP contribution is 2.17. The Morgan fingerprint density at radius 3 is 2.82 bits per heavy atom. The number of carbonyl (C=O) groups excluding carboxylic acids is 1. The number of nitrogens with zero attached hydrogens (tertiary/aromatic N) is 2. The van der Waals surface area contributed by atoms with Crippen LogP contribution in [0.5, 0.6) is 5.75 Å². The molecular formula is C16H11ClN2O3. The molecule has 3 rings (SSSR count). The lowest BCUT2D eigenvalue weighted by Crippen LogP contribution is -2.26. The fraction of sp³-hybridized carbons (Fsp3) is 0.0625. The summed E-state index contributed by atoms with van der Waals surface area (Å²) in [5.41, 5.74) is 0.306. The number of esters is 1. The molecule has 0 unspecified atom stereocenters. The summed E-state index contributed by atoms with van der Waals surface area (Å²) >= 11 is 5.82. The Morgan fingerprint density at radius 2 is 2.00 bits per heavy atom. The van der Waals surface area contributed by atoms with E-state index in [0.29, 0.717) is 21.7 Å². The maximum absolute atomic E-state index is 12.3. The molecule has 0 bridgehead atoms. The van der Waals surface area contributed by atoms with Crippen LogP contribution in [0.3, 0.4) is 0 Å². The van der Waals surface area contributed by atoms with Crippen LogP contribution < -0.4 is 10.3 Å². The Morgan fingerprint density at radius 1 is 1.18 bits per heavy atom. The van der Waals surface area contributed by atoms with Crippen LogP contribution in [0.25, 0.3) is 10.9 Å². The second-order valence-corrected chi connectivity index (χ2v) is 5.06. The van der Waals surface area contributed by atoms with E-state index in [2.05, 4.69) is 4.98 Å². The fourth-order valence-corrected chi connectivity index (χ4v) is 2.23. The lowest BCUT2D eigenvalue weighted by Gasteiger charge is -2.07. The largest absolute Gasteiger partial charge is 0.425 e. The molecule has 0 aliphatic rings. The zero-order valence-electron chi connectivity index (χ0n) is 11.4. The van der Waals surface area contributed by atoms with Gasteiger partial charge in [0.2, 0.25) is 0 Å². The van der Waals surface area contributed by atoms with E-state index in [1.807, 2.05) is 0 Å². The highest BCUT2D eigenvalue weighted by Gasteiger charge is 2.10. The summed E-state index contributed by atoms with van der Waals surface area (Å²) in [5, 5.41) is 0.926. The normalized spacial score (nSPS) is 10.6. The first-order chi connectivity index (χ1) is 10.6. The molecule has 1 heterocycles. The molecule has 0 aliphatic carbocycles. The molecule has 5 nitrogen and oxygen atoms in total. The molecule has 0 saturated carbocycles. The molecule has 0 aliphatic heterocycles. The van der Waals surface area contributed by atoms with E-state index in [4.69, 9.17) is 16.3 Å². The van der Waals surface area contributed by atoms with Crippen molar-refractivity contribution < 1.29 is 9.53 Å². The van der Waals surface area contributed by atoms with Gasteiger partial charge in [-0.2, -0.15) is 0 Å². The van der Waals surface area contributed by atoms with Crippen molar-refractivity contribution in [2.24, 2.45) is 0 Å². The van der Waals surface area contributed by atoms with Crippen molar-refractivity contribution in [1.29, 1.82) is 0 Å². The fourth-order valence-electron chi connectivity index (χ4n) is 2.05.